The van der Waals surface area contributed by atoms with E-state index in [1.807, 2.05) is 36.4 Å². The predicted molar refractivity (Wildman–Crippen MR) is 83.1 cm³/mol. The molecule has 1 saturated carbocycles. The van der Waals surface area contributed by atoms with Crippen molar-refractivity contribution in [3.63, 3.8) is 0 Å². The minimum Gasteiger partial charge on any atom is -0.481 e. The van der Waals surface area contributed by atoms with Crippen molar-refractivity contribution in [1.82, 2.24) is 15.1 Å². The average Bonchev–Trinajstić information content (AvgIpc) is 2.99. The highest BCUT2D eigenvalue weighted by atomic mass is 16.4. The van der Waals surface area contributed by atoms with Crippen molar-refractivity contribution < 1.29 is 14.7 Å². The normalized spacial score (nSPS) is 19.8. The third kappa shape index (κ3) is 3.41. The minimum atomic E-state index is -0.879. The van der Waals surface area contributed by atoms with Crippen LogP contribution in [0.3, 0.4) is 0 Å². The van der Waals surface area contributed by atoms with Crippen molar-refractivity contribution >= 4 is 11.9 Å². The van der Waals surface area contributed by atoms with E-state index in [1.165, 1.54) is 0 Å². The average molecular weight is 313 g/mol. The zero-order valence-electron chi connectivity index (χ0n) is 12.7. The summed E-state index contributed by atoms with van der Waals surface area (Å²) >= 11 is 0. The number of aromatic nitrogens is 2. The van der Waals surface area contributed by atoms with Crippen LogP contribution in [0, 0.1) is 11.8 Å². The van der Waals surface area contributed by atoms with E-state index in [9.17, 15) is 14.7 Å². The number of hydrogen-bond donors (Lipinski definition) is 2. The number of hydrogen-bond acceptors (Lipinski definition) is 3. The number of aliphatic carboxylic acids is 1. The number of amides is 1. The zero-order chi connectivity index (χ0) is 16.2. The molecule has 0 bridgehead atoms. The maximum absolute atomic E-state index is 12.8. The van der Waals surface area contributed by atoms with E-state index < -0.39 is 17.8 Å². The van der Waals surface area contributed by atoms with E-state index in [1.54, 1.807) is 11.1 Å². The molecule has 0 radical (unpaired) electrons. The Kier molecular flexibility index (Phi) is 4.41. The van der Waals surface area contributed by atoms with Crippen LogP contribution in [0.4, 0.5) is 0 Å². The van der Waals surface area contributed by atoms with E-state index in [0.717, 1.165) is 11.3 Å². The molecule has 6 nitrogen and oxygen atoms in total. The summed E-state index contributed by atoms with van der Waals surface area (Å²) in [4.78, 5) is 25.7. The van der Waals surface area contributed by atoms with Crippen molar-refractivity contribution in [2.45, 2.75) is 25.9 Å². The van der Waals surface area contributed by atoms with Gasteiger partial charge in [-0.25, -0.2) is 0 Å². The Balaban J connectivity index is 1.76. The van der Waals surface area contributed by atoms with Crippen LogP contribution in [-0.4, -0.2) is 32.1 Å². The number of rotatable bonds is 6. The summed E-state index contributed by atoms with van der Waals surface area (Å²) in [6.07, 6.45) is 2.86. The van der Waals surface area contributed by atoms with Gasteiger partial charge in [-0.2, -0.15) is 5.10 Å². The Morgan fingerprint density at radius 1 is 1.13 bits per heavy atom. The van der Waals surface area contributed by atoms with Crippen LogP contribution in [0.2, 0.25) is 0 Å². The summed E-state index contributed by atoms with van der Waals surface area (Å²) < 4.78 is 0. The molecule has 23 heavy (non-hydrogen) atoms. The van der Waals surface area contributed by atoms with Crippen LogP contribution in [0.1, 0.15) is 24.1 Å². The Morgan fingerprint density at radius 3 is 2.43 bits per heavy atom. The highest BCUT2D eigenvalue weighted by Gasteiger charge is 2.43. The Labute approximate surface area is 134 Å². The molecular weight excluding hydrogens is 294 g/mol. The number of benzene rings is 1. The second kappa shape index (κ2) is 6.64. The molecule has 1 heterocycles. The highest BCUT2D eigenvalue weighted by molar-refractivity contribution is 5.86. The summed E-state index contributed by atoms with van der Waals surface area (Å²) in [5, 5.41) is 16.0. The van der Waals surface area contributed by atoms with Crippen molar-refractivity contribution in [2.24, 2.45) is 11.8 Å². The number of nitrogens with one attached hydrogen (secondary N) is 1. The Bertz CT molecular complexity index is 670. The van der Waals surface area contributed by atoms with Crippen LogP contribution >= 0.6 is 0 Å². The molecular formula is C17H19N3O3. The molecule has 1 aromatic heterocycles. The Morgan fingerprint density at radius 2 is 1.87 bits per heavy atom. The number of carboxylic acids is 1. The first-order chi connectivity index (χ1) is 11.1. The van der Waals surface area contributed by atoms with Gasteiger partial charge >= 0.3 is 5.97 Å². The smallest absolute Gasteiger partial charge is 0.307 e. The lowest BCUT2D eigenvalue weighted by Crippen LogP contribution is -2.45. The SMILES string of the molecule is O=C(O)C1CCC1C(=O)N(Cc1ccccc1)Cc1ccn[nH]1. The van der Waals surface area contributed by atoms with Gasteiger partial charge in [0, 0.05) is 12.7 Å². The van der Waals surface area contributed by atoms with Gasteiger partial charge in [0.2, 0.25) is 5.91 Å². The molecule has 1 aliphatic carbocycles. The number of carbonyl (C=O) groups is 2. The first kappa shape index (κ1) is 15.3. The maximum atomic E-state index is 12.8. The predicted octanol–water partition coefficient (Wildman–Crippen LogP) is 2.05. The highest BCUT2D eigenvalue weighted by Crippen LogP contribution is 2.36. The molecule has 0 saturated heterocycles. The lowest BCUT2D eigenvalue weighted by molar-refractivity contribution is -0.157. The summed E-state index contributed by atoms with van der Waals surface area (Å²) in [5.41, 5.74) is 1.85. The molecule has 0 aliphatic heterocycles. The van der Waals surface area contributed by atoms with Crippen LogP contribution < -0.4 is 0 Å². The van der Waals surface area contributed by atoms with Gasteiger partial charge in [-0.05, 0) is 24.5 Å². The topological polar surface area (TPSA) is 86.3 Å². The Hall–Kier alpha value is -2.63. The fraction of sp³-hybridized carbons (Fsp3) is 0.353. The van der Waals surface area contributed by atoms with Gasteiger partial charge in [0.15, 0.2) is 0 Å². The van der Waals surface area contributed by atoms with Crippen LogP contribution in [0.15, 0.2) is 42.6 Å². The second-order valence-electron chi connectivity index (χ2n) is 5.89. The zero-order valence-corrected chi connectivity index (χ0v) is 12.7. The van der Waals surface area contributed by atoms with Crippen molar-refractivity contribution in [2.75, 3.05) is 0 Å². The molecule has 2 aromatic rings. The number of aromatic amines is 1. The quantitative estimate of drug-likeness (QED) is 0.854. The molecule has 2 N–H and O–H groups in total. The minimum absolute atomic E-state index is 0.0953. The molecule has 1 fully saturated rings. The largest absolute Gasteiger partial charge is 0.481 e. The van der Waals surface area contributed by atoms with Gasteiger partial charge in [0.1, 0.15) is 0 Å². The lowest BCUT2D eigenvalue weighted by atomic mass is 9.73. The first-order valence-electron chi connectivity index (χ1n) is 7.69. The summed E-state index contributed by atoms with van der Waals surface area (Å²) in [5.74, 6) is -1.94. The molecule has 6 heteroatoms. The van der Waals surface area contributed by atoms with E-state index in [-0.39, 0.29) is 5.91 Å². The van der Waals surface area contributed by atoms with Crippen molar-refractivity contribution in [3.8, 4) is 0 Å². The van der Waals surface area contributed by atoms with E-state index in [2.05, 4.69) is 10.2 Å². The number of H-pyrrole nitrogens is 1. The molecule has 1 aromatic carbocycles. The molecule has 1 amide bonds. The van der Waals surface area contributed by atoms with Crippen molar-refractivity contribution in [3.05, 3.63) is 53.9 Å². The third-order valence-corrected chi connectivity index (χ3v) is 4.36. The standard InChI is InChI=1S/C17H19N3O3/c21-16(14-6-7-15(14)17(22)23)20(11-13-8-9-18-19-13)10-12-4-2-1-3-5-12/h1-5,8-9,14-15H,6-7,10-11H2,(H,18,19)(H,22,23). The third-order valence-electron chi connectivity index (χ3n) is 4.36. The second-order valence-corrected chi connectivity index (χ2v) is 5.89. The van der Waals surface area contributed by atoms with Gasteiger partial charge in [0.25, 0.3) is 0 Å². The van der Waals surface area contributed by atoms with Crippen LogP contribution in [0.25, 0.3) is 0 Å². The number of carboxylic acid groups (broad SMARTS) is 1. The number of nitrogens with zero attached hydrogens (tertiary/aromatic N) is 2. The van der Waals surface area contributed by atoms with Gasteiger partial charge in [-0.1, -0.05) is 30.3 Å². The fourth-order valence-corrected chi connectivity index (χ4v) is 2.92. The van der Waals surface area contributed by atoms with E-state index in [4.69, 9.17) is 0 Å². The summed E-state index contributed by atoms with van der Waals surface area (Å²) in [6, 6.07) is 11.5. The maximum Gasteiger partial charge on any atom is 0.307 e. The summed E-state index contributed by atoms with van der Waals surface area (Å²) in [7, 11) is 0. The molecule has 3 rings (SSSR count). The molecule has 2 unspecified atom stereocenters. The van der Waals surface area contributed by atoms with Crippen molar-refractivity contribution in [1.29, 1.82) is 0 Å². The van der Waals surface area contributed by atoms with E-state index >= 15 is 0 Å². The van der Waals surface area contributed by atoms with Gasteiger partial charge < -0.3 is 10.0 Å². The molecule has 1 aliphatic rings. The van der Waals surface area contributed by atoms with Gasteiger partial charge in [-0.15, -0.1) is 0 Å². The number of carbonyl (C=O) groups excluding carboxylic acids is 1. The first-order valence-corrected chi connectivity index (χ1v) is 7.69. The monoisotopic (exact) mass is 313 g/mol. The van der Waals surface area contributed by atoms with E-state index in [0.29, 0.717) is 25.9 Å². The lowest BCUT2D eigenvalue weighted by Gasteiger charge is -2.36. The molecule has 120 valence electrons. The van der Waals surface area contributed by atoms with Crippen LogP contribution in [0.5, 0.6) is 0 Å². The summed E-state index contributed by atoms with van der Waals surface area (Å²) in [6.45, 7) is 0.859. The van der Waals surface area contributed by atoms with Gasteiger partial charge in [-0.3, -0.25) is 14.7 Å². The molecule has 2 atom stereocenters. The molecule has 0 spiro atoms. The van der Waals surface area contributed by atoms with Gasteiger partial charge in [0.05, 0.1) is 24.1 Å². The van der Waals surface area contributed by atoms with Crippen LogP contribution in [-0.2, 0) is 22.7 Å². The fourth-order valence-electron chi connectivity index (χ4n) is 2.92.